The van der Waals surface area contributed by atoms with Crippen molar-refractivity contribution in [3.8, 4) is 16.9 Å². The number of benzene rings is 2. The maximum atomic E-state index is 5.99. The summed E-state index contributed by atoms with van der Waals surface area (Å²) in [6, 6.07) is 20.3. The number of halogens is 1. The van der Waals surface area contributed by atoms with Crippen LogP contribution in [0.2, 0.25) is 5.02 Å². The first kappa shape index (κ1) is 13.9. The fourth-order valence-corrected chi connectivity index (χ4v) is 2.53. The van der Waals surface area contributed by atoms with Gasteiger partial charge in [0.15, 0.2) is 0 Å². The molecule has 0 atom stereocenters. The number of rotatable bonds is 4. The lowest BCUT2D eigenvalue weighted by Crippen LogP contribution is -1.99. The van der Waals surface area contributed by atoms with E-state index in [1.807, 2.05) is 47.1 Å². The van der Waals surface area contributed by atoms with Gasteiger partial charge in [-0.05, 0) is 36.8 Å². The summed E-state index contributed by atoms with van der Waals surface area (Å²) >= 11 is 5.99. The van der Waals surface area contributed by atoms with E-state index in [0.717, 1.165) is 40.5 Å². The van der Waals surface area contributed by atoms with E-state index in [1.54, 1.807) is 0 Å². The van der Waals surface area contributed by atoms with Crippen molar-refractivity contribution < 1.29 is 0 Å². The summed E-state index contributed by atoms with van der Waals surface area (Å²) in [6.07, 6.45) is 2.08. The predicted molar refractivity (Wildman–Crippen MR) is 88.0 cm³/mol. The van der Waals surface area contributed by atoms with Crippen LogP contribution in [0.4, 0.5) is 0 Å². The second-order valence-corrected chi connectivity index (χ2v) is 5.46. The van der Waals surface area contributed by atoms with Gasteiger partial charge in [0.2, 0.25) is 0 Å². The van der Waals surface area contributed by atoms with Crippen LogP contribution in [-0.4, -0.2) is 9.78 Å². The van der Waals surface area contributed by atoms with Gasteiger partial charge in [-0.3, -0.25) is 0 Å². The molecule has 3 aromatic rings. The van der Waals surface area contributed by atoms with Crippen LogP contribution in [0.25, 0.3) is 16.9 Å². The molecule has 0 aliphatic rings. The van der Waals surface area contributed by atoms with Crippen LogP contribution >= 0.6 is 11.6 Å². The normalized spacial score (nSPS) is 10.8. The zero-order valence-corrected chi connectivity index (χ0v) is 12.7. The lowest BCUT2D eigenvalue weighted by molar-refractivity contribution is 0.810. The van der Waals surface area contributed by atoms with Crippen LogP contribution in [-0.2, 0) is 6.42 Å². The highest BCUT2D eigenvalue weighted by Crippen LogP contribution is 2.25. The molecule has 0 unspecified atom stereocenters. The summed E-state index contributed by atoms with van der Waals surface area (Å²) in [4.78, 5) is 0. The molecule has 21 heavy (non-hydrogen) atoms. The third-order valence-electron chi connectivity index (χ3n) is 3.41. The number of para-hydroxylation sites is 1. The van der Waals surface area contributed by atoms with Gasteiger partial charge in [-0.15, -0.1) is 0 Å². The molecule has 2 nitrogen and oxygen atoms in total. The van der Waals surface area contributed by atoms with Gasteiger partial charge in [0.25, 0.3) is 0 Å². The molecule has 0 spiro atoms. The smallest absolute Gasteiger partial charge is 0.0743 e. The van der Waals surface area contributed by atoms with E-state index in [9.17, 15) is 0 Å². The van der Waals surface area contributed by atoms with Crippen molar-refractivity contribution in [2.75, 3.05) is 0 Å². The quantitative estimate of drug-likeness (QED) is 0.651. The van der Waals surface area contributed by atoms with E-state index in [4.69, 9.17) is 16.7 Å². The van der Waals surface area contributed by atoms with Crippen molar-refractivity contribution >= 4 is 11.6 Å². The Kier molecular flexibility index (Phi) is 4.07. The fourth-order valence-electron chi connectivity index (χ4n) is 2.40. The molecular weight excluding hydrogens is 280 g/mol. The third kappa shape index (κ3) is 3.01. The second-order valence-electron chi connectivity index (χ2n) is 5.03. The molecule has 0 saturated carbocycles. The Bertz CT molecular complexity index is 715. The molecule has 1 heterocycles. The molecule has 0 bridgehead atoms. The maximum absolute atomic E-state index is 5.99. The molecule has 0 N–H and O–H groups in total. The Morgan fingerprint density at radius 1 is 1.00 bits per heavy atom. The number of aryl methyl sites for hydroxylation is 1. The molecule has 2 aromatic carbocycles. The maximum Gasteiger partial charge on any atom is 0.0743 e. The molecule has 0 aliphatic heterocycles. The molecule has 1 aromatic heterocycles. The van der Waals surface area contributed by atoms with Crippen molar-refractivity contribution in [3.63, 3.8) is 0 Å². The molecular formula is C18H17ClN2. The number of hydrogen-bond acceptors (Lipinski definition) is 1. The van der Waals surface area contributed by atoms with E-state index in [2.05, 4.69) is 25.1 Å². The largest absolute Gasteiger partial charge is 0.233 e. The lowest BCUT2D eigenvalue weighted by atomic mass is 10.1. The second kappa shape index (κ2) is 6.15. The van der Waals surface area contributed by atoms with Crippen molar-refractivity contribution in [2.45, 2.75) is 19.8 Å². The predicted octanol–water partition coefficient (Wildman–Crippen LogP) is 5.15. The van der Waals surface area contributed by atoms with E-state index >= 15 is 0 Å². The van der Waals surface area contributed by atoms with E-state index in [1.165, 1.54) is 0 Å². The first-order valence-electron chi connectivity index (χ1n) is 7.18. The van der Waals surface area contributed by atoms with E-state index in [0.29, 0.717) is 0 Å². The van der Waals surface area contributed by atoms with Crippen molar-refractivity contribution in [3.05, 3.63) is 71.4 Å². The van der Waals surface area contributed by atoms with Crippen LogP contribution in [0, 0.1) is 0 Å². The minimum atomic E-state index is 0.748. The first-order chi connectivity index (χ1) is 10.3. The molecule has 0 radical (unpaired) electrons. The van der Waals surface area contributed by atoms with Crippen LogP contribution in [0.5, 0.6) is 0 Å². The zero-order valence-electron chi connectivity index (χ0n) is 12.0. The highest BCUT2D eigenvalue weighted by atomic mass is 35.5. The fraction of sp³-hybridized carbons (Fsp3) is 0.167. The summed E-state index contributed by atoms with van der Waals surface area (Å²) in [5, 5.41) is 5.50. The Labute approximate surface area is 130 Å². The van der Waals surface area contributed by atoms with Crippen LogP contribution in [0.15, 0.2) is 60.7 Å². The van der Waals surface area contributed by atoms with Crippen LogP contribution < -0.4 is 0 Å². The molecule has 0 aliphatic carbocycles. The van der Waals surface area contributed by atoms with Gasteiger partial charge < -0.3 is 0 Å². The minimum absolute atomic E-state index is 0.748. The summed E-state index contributed by atoms with van der Waals surface area (Å²) in [7, 11) is 0. The van der Waals surface area contributed by atoms with Crippen LogP contribution in [0.1, 0.15) is 19.0 Å². The Morgan fingerprint density at radius 2 is 1.71 bits per heavy atom. The van der Waals surface area contributed by atoms with Gasteiger partial charge in [-0.2, -0.15) is 5.10 Å². The summed E-state index contributed by atoms with van der Waals surface area (Å²) < 4.78 is 2.01. The van der Waals surface area contributed by atoms with Gasteiger partial charge in [-0.1, -0.05) is 55.3 Å². The number of aromatic nitrogens is 2. The highest BCUT2D eigenvalue weighted by molar-refractivity contribution is 6.30. The topological polar surface area (TPSA) is 17.8 Å². The number of nitrogens with zero attached hydrogens (tertiary/aromatic N) is 2. The average molecular weight is 297 g/mol. The van der Waals surface area contributed by atoms with Gasteiger partial charge in [-0.25, -0.2) is 4.68 Å². The van der Waals surface area contributed by atoms with Gasteiger partial charge >= 0.3 is 0 Å². The number of hydrogen-bond donors (Lipinski definition) is 0. The minimum Gasteiger partial charge on any atom is -0.233 e. The van der Waals surface area contributed by atoms with Gasteiger partial charge in [0.05, 0.1) is 17.1 Å². The molecule has 0 amide bonds. The summed E-state index contributed by atoms with van der Waals surface area (Å²) in [6.45, 7) is 2.17. The third-order valence-corrected chi connectivity index (χ3v) is 3.66. The molecule has 0 fully saturated rings. The Balaban J connectivity index is 2.11. The van der Waals surface area contributed by atoms with E-state index in [-0.39, 0.29) is 0 Å². The van der Waals surface area contributed by atoms with E-state index < -0.39 is 0 Å². The molecule has 3 rings (SSSR count). The SMILES string of the molecule is CCCc1cc(-c2ccc(Cl)cc2)n(-c2ccccc2)n1. The standard InChI is InChI=1S/C18H17ClN2/c1-2-6-16-13-18(14-9-11-15(19)12-10-14)21(20-16)17-7-4-3-5-8-17/h3-5,7-13H,2,6H2,1H3. The van der Waals surface area contributed by atoms with Crippen molar-refractivity contribution in [1.82, 2.24) is 9.78 Å². The molecule has 0 saturated heterocycles. The average Bonchev–Trinajstić information content (AvgIpc) is 2.93. The zero-order chi connectivity index (χ0) is 14.7. The summed E-state index contributed by atoms with van der Waals surface area (Å²) in [5.74, 6) is 0. The first-order valence-corrected chi connectivity index (χ1v) is 7.56. The monoisotopic (exact) mass is 296 g/mol. The Hall–Kier alpha value is -2.06. The summed E-state index contributed by atoms with van der Waals surface area (Å²) in [5.41, 5.74) is 4.41. The molecule has 106 valence electrons. The molecule has 3 heteroatoms. The van der Waals surface area contributed by atoms with Crippen LogP contribution in [0.3, 0.4) is 0 Å². The van der Waals surface area contributed by atoms with Crippen molar-refractivity contribution in [2.24, 2.45) is 0 Å². The highest BCUT2D eigenvalue weighted by Gasteiger charge is 2.11. The lowest BCUT2D eigenvalue weighted by Gasteiger charge is -2.07. The van der Waals surface area contributed by atoms with Gasteiger partial charge in [0, 0.05) is 10.6 Å². The van der Waals surface area contributed by atoms with Crippen molar-refractivity contribution in [1.29, 1.82) is 0 Å². The Morgan fingerprint density at radius 3 is 2.38 bits per heavy atom. The van der Waals surface area contributed by atoms with Gasteiger partial charge in [0.1, 0.15) is 0 Å².